The number of allylic oxidation sites excluding steroid dienone is 2. The molecule has 0 aromatic heterocycles. The Hall–Kier alpha value is -1.89. The van der Waals surface area contributed by atoms with E-state index in [-0.39, 0.29) is 25.8 Å². The molecule has 0 spiro atoms. The van der Waals surface area contributed by atoms with Crippen LogP contribution in [-0.4, -0.2) is 62.4 Å². The van der Waals surface area contributed by atoms with E-state index in [1.165, 1.54) is 19.3 Å². The molecule has 0 fully saturated rings. The Balaban J connectivity index is 5.24. The number of hydrogen-bond donors (Lipinski definition) is 3. The van der Waals surface area contributed by atoms with Crippen LogP contribution in [0.25, 0.3) is 0 Å². The Kier molecular flexibility index (Phi) is 16.6. The van der Waals surface area contributed by atoms with Crippen molar-refractivity contribution in [3.05, 3.63) is 12.2 Å². The van der Waals surface area contributed by atoms with Gasteiger partial charge in [-0.1, -0.05) is 65.5 Å². The summed E-state index contributed by atoms with van der Waals surface area (Å²) < 4.78 is -0.413. The van der Waals surface area contributed by atoms with E-state index in [0.29, 0.717) is 6.42 Å². The quantitative estimate of drug-likeness (QED) is 0.110. The molecule has 0 radical (unpaired) electrons. The fraction of sp³-hybridized carbons (Fsp3) is 0.808. The summed E-state index contributed by atoms with van der Waals surface area (Å²) in [5.74, 6) is -3.37. The molecule has 0 heterocycles. The summed E-state index contributed by atoms with van der Waals surface area (Å²) in [6.07, 6.45) is 15.6. The van der Waals surface area contributed by atoms with Gasteiger partial charge in [-0.3, -0.25) is 4.48 Å². The lowest BCUT2D eigenvalue weighted by atomic mass is 9.94. The average Bonchev–Trinajstić information content (AvgIpc) is 2.75. The minimum atomic E-state index is -1.12. The third kappa shape index (κ3) is 9.86. The number of hydrogen-bond acceptors (Lipinski definition) is 3. The molecule has 3 N–H and O–H groups in total. The molecule has 0 aliphatic carbocycles. The molecule has 0 aliphatic rings. The van der Waals surface area contributed by atoms with Crippen molar-refractivity contribution in [1.29, 1.82) is 0 Å². The monoisotopic (exact) mass is 470 g/mol. The summed E-state index contributed by atoms with van der Waals surface area (Å²) in [6, 6.07) is -3.19. The van der Waals surface area contributed by atoms with Crippen molar-refractivity contribution >= 4 is 17.9 Å². The first-order valence-electron chi connectivity index (χ1n) is 12.9. The number of carbonyl (C=O) groups is 3. The summed E-state index contributed by atoms with van der Waals surface area (Å²) in [5.41, 5.74) is 0. The summed E-state index contributed by atoms with van der Waals surface area (Å²) in [5, 5.41) is 29.8. The van der Waals surface area contributed by atoms with Gasteiger partial charge < -0.3 is 15.3 Å². The van der Waals surface area contributed by atoms with Crippen molar-refractivity contribution < 1.29 is 34.2 Å². The molecule has 192 valence electrons. The van der Waals surface area contributed by atoms with E-state index in [1.807, 2.05) is 0 Å². The van der Waals surface area contributed by atoms with Crippen LogP contribution in [0, 0.1) is 0 Å². The SMILES string of the molecule is CCCCC/C=C/CCCCCCC[N+](C(CC)C(=O)O)(C(CC)C(=O)O)C(CC)C(=O)O. The van der Waals surface area contributed by atoms with E-state index < -0.39 is 40.5 Å². The first-order chi connectivity index (χ1) is 15.7. The fourth-order valence-electron chi connectivity index (χ4n) is 5.21. The normalized spacial score (nSPS) is 16.2. The van der Waals surface area contributed by atoms with Gasteiger partial charge in [0.1, 0.15) is 0 Å². The maximum atomic E-state index is 12.2. The van der Waals surface area contributed by atoms with Crippen LogP contribution in [0.15, 0.2) is 12.2 Å². The number of nitrogens with zero attached hydrogens (tertiary/aromatic N) is 1. The summed E-state index contributed by atoms with van der Waals surface area (Å²) in [7, 11) is 0. The average molecular weight is 471 g/mol. The first-order valence-corrected chi connectivity index (χ1v) is 12.9. The van der Waals surface area contributed by atoms with Crippen LogP contribution < -0.4 is 0 Å². The second kappa shape index (κ2) is 17.6. The Morgan fingerprint density at radius 1 is 0.606 bits per heavy atom. The van der Waals surface area contributed by atoms with Crippen LogP contribution in [0.5, 0.6) is 0 Å². The third-order valence-corrected chi connectivity index (χ3v) is 6.81. The molecule has 0 saturated heterocycles. The molecule has 0 saturated carbocycles. The highest BCUT2D eigenvalue weighted by Crippen LogP contribution is 2.32. The highest BCUT2D eigenvalue weighted by atomic mass is 16.4. The number of rotatable bonds is 21. The van der Waals surface area contributed by atoms with Crippen LogP contribution >= 0.6 is 0 Å². The fourth-order valence-corrected chi connectivity index (χ4v) is 5.21. The summed E-state index contributed by atoms with van der Waals surface area (Å²) >= 11 is 0. The molecule has 0 aliphatic heterocycles. The van der Waals surface area contributed by atoms with Crippen LogP contribution in [0.1, 0.15) is 111 Å². The molecule has 7 heteroatoms. The maximum Gasteiger partial charge on any atom is 0.362 e. The lowest BCUT2D eigenvalue weighted by Gasteiger charge is -2.49. The number of carboxylic acid groups (broad SMARTS) is 3. The molecule has 0 aromatic rings. The van der Waals surface area contributed by atoms with Crippen LogP contribution in [-0.2, 0) is 14.4 Å². The van der Waals surface area contributed by atoms with Gasteiger partial charge in [-0.15, -0.1) is 0 Å². The molecular formula is C26H48NO6+. The third-order valence-electron chi connectivity index (χ3n) is 6.81. The van der Waals surface area contributed by atoms with Gasteiger partial charge in [0.25, 0.3) is 0 Å². The molecular weight excluding hydrogens is 422 g/mol. The molecule has 33 heavy (non-hydrogen) atoms. The van der Waals surface area contributed by atoms with Crippen LogP contribution in [0.2, 0.25) is 0 Å². The standard InChI is InChI=1S/C26H47NO6/c1-5-9-10-11-12-13-14-15-16-17-18-19-20-27(21(6-2)24(28)29,22(7-3)25(30)31)23(8-4)26(32)33/h12-13,21-23H,5-11,14-20H2,1-4H3,(H2-,28,29,30,31,32,33)/p+1/b13-12+. The number of aliphatic carboxylic acids is 3. The molecule has 7 nitrogen and oxygen atoms in total. The molecule has 0 bridgehead atoms. The van der Waals surface area contributed by atoms with Gasteiger partial charge in [-0.25, -0.2) is 14.4 Å². The summed E-state index contributed by atoms with van der Waals surface area (Å²) in [6.45, 7) is 7.54. The van der Waals surface area contributed by atoms with Gasteiger partial charge in [0.2, 0.25) is 0 Å². The summed E-state index contributed by atoms with van der Waals surface area (Å²) in [4.78, 5) is 36.5. The molecule has 0 amide bonds. The van der Waals surface area contributed by atoms with Crippen LogP contribution in [0.3, 0.4) is 0 Å². The van der Waals surface area contributed by atoms with Gasteiger partial charge in [0.15, 0.2) is 18.1 Å². The minimum Gasteiger partial charge on any atom is -0.477 e. The predicted molar refractivity (Wildman–Crippen MR) is 131 cm³/mol. The van der Waals surface area contributed by atoms with Crippen molar-refractivity contribution in [3.63, 3.8) is 0 Å². The van der Waals surface area contributed by atoms with E-state index in [9.17, 15) is 29.7 Å². The van der Waals surface area contributed by atoms with Crippen molar-refractivity contribution in [2.45, 2.75) is 129 Å². The van der Waals surface area contributed by atoms with Crippen molar-refractivity contribution in [2.24, 2.45) is 0 Å². The zero-order chi connectivity index (χ0) is 25.3. The lowest BCUT2D eigenvalue weighted by molar-refractivity contribution is -0.973. The minimum absolute atomic E-state index is 0.188. The van der Waals surface area contributed by atoms with Crippen molar-refractivity contribution in [3.8, 4) is 0 Å². The molecule has 0 aromatic carbocycles. The van der Waals surface area contributed by atoms with Gasteiger partial charge >= 0.3 is 17.9 Å². The van der Waals surface area contributed by atoms with Gasteiger partial charge in [0, 0.05) is 19.3 Å². The number of carboxylic acids is 3. The number of quaternary nitrogens is 1. The van der Waals surface area contributed by atoms with Gasteiger partial charge in [-0.2, -0.15) is 0 Å². The molecule has 3 unspecified atom stereocenters. The largest absolute Gasteiger partial charge is 0.477 e. The Morgan fingerprint density at radius 3 is 1.33 bits per heavy atom. The van der Waals surface area contributed by atoms with E-state index in [4.69, 9.17) is 0 Å². The topological polar surface area (TPSA) is 112 Å². The second-order valence-corrected chi connectivity index (χ2v) is 9.03. The molecule has 3 atom stereocenters. The highest BCUT2D eigenvalue weighted by Gasteiger charge is 2.55. The smallest absolute Gasteiger partial charge is 0.362 e. The highest BCUT2D eigenvalue weighted by molar-refractivity contribution is 5.78. The zero-order valence-corrected chi connectivity index (χ0v) is 21.3. The number of unbranched alkanes of at least 4 members (excludes halogenated alkanes) is 8. The van der Waals surface area contributed by atoms with E-state index in [1.54, 1.807) is 20.8 Å². The van der Waals surface area contributed by atoms with Crippen molar-refractivity contribution in [2.75, 3.05) is 6.54 Å². The molecule has 0 rings (SSSR count). The Bertz CT molecular complexity index is 549. The Labute approximate surface area is 200 Å². The van der Waals surface area contributed by atoms with Crippen LogP contribution in [0.4, 0.5) is 0 Å². The first kappa shape index (κ1) is 31.1. The van der Waals surface area contributed by atoms with E-state index in [0.717, 1.165) is 38.5 Å². The van der Waals surface area contributed by atoms with Gasteiger partial charge in [0.05, 0.1) is 6.54 Å². The van der Waals surface area contributed by atoms with E-state index in [2.05, 4.69) is 19.1 Å². The zero-order valence-electron chi connectivity index (χ0n) is 21.3. The predicted octanol–water partition coefficient (Wildman–Crippen LogP) is 5.87. The second-order valence-electron chi connectivity index (χ2n) is 9.03. The van der Waals surface area contributed by atoms with E-state index >= 15 is 0 Å². The van der Waals surface area contributed by atoms with Crippen molar-refractivity contribution in [1.82, 2.24) is 0 Å². The lowest BCUT2D eigenvalue weighted by Crippen LogP contribution is -2.72. The van der Waals surface area contributed by atoms with Gasteiger partial charge in [-0.05, 0) is 38.5 Å². The Morgan fingerprint density at radius 2 is 0.970 bits per heavy atom. The maximum absolute atomic E-state index is 12.2.